The molecule has 0 radical (unpaired) electrons. The molecule has 3 N–H and O–H groups in total. The number of unbranched alkanes of at least 4 members (excludes halogenated alkanes) is 15. The van der Waals surface area contributed by atoms with Gasteiger partial charge in [0.2, 0.25) is 0 Å². The van der Waals surface area contributed by atoms with Gasteiger partial charge in [-0.2, -0.15) is 0 Å². The van der Waals surface area contributed by atoms with Crippen molar-refractivity contribution >= 4 is 0 Å². The minimum absolute atomic E-state index is 0.102. The van der Waals surface area contributed by atoms with E-state index in [0.717, 1.165) is 12.8 Å². The predicted molar refractivity (Wildman–Crippen MR) is 118 cm³/mol. The van der Waals surface area contributed by atoms with E-state index >= 15 is 0 Å². The van der Waals surface area contributed by atoms with E-state index in [1.807, 2.05) is 0 Å². The third-order valence-electron chi connectivity index (χ3n) is 6.07. The van der Waals surface area contributed by atoms with Gasteiger partial charge in [0.05, 0.1) is 13.2 Å². The van der Waals surface area contributed by atoms with Gasteiger partial charge in [-0.1, -0.05) is 103 Å². The first kappa shape index (κ1) is 26.8. The molecule has 1 saturated heterocycles. The van der Waals surface area contributed by atoms with Crippen LogP contribution in [0.4, 0.5) is 0 Å². The molecule has 0 saturated carbocycles. The first-order valence-electron chi connectivity index (χ1n) is 12.4. The van der Waals surface area contributed by atoms with Crippen molar-refractivity contribution in [3.05, 3.63) is 0 Å². The Labute approximate surface area is 179 Å². The first-order valence-corrected chi connectivity index (χ1v) is 12.4. The van der Waals surface area contributed by atoms with Crippen molar-refractivity contribution in [2.75, 3.05) is 19.8 Å². The number of rotatable bonds is 20. The van der Waals surface area contributed by atoms with Gasteiger partial charge in [0.15, 0.2) is 0 Å². The highest BCUT2D eigenvalue weighted by Gasteiger charge is 2.40. The van der Waals surface area contributed by atoms with Crippen LogP contribution in [0.3, 0.4) is 0 Å². The topological polar surface area (TPSA) is 79.2 Å². The van der Waals surface area contributed by atoms with Crippen LogP contribution in [-0.4, -0.2) is 59.6 Å². The molecule has 4 atom stereocenters. The SMILES string of the molecule is CCCCCCCCCCCCCCCCCCO[C@@H](CO)[C@@H]1OC[C@@H](O)[C@@H]1O. The van der Waals surface area contributed by atoms with Crippen molar-refractivity contribution in [2.24, 2.45) is 0 Å². The highest BCUT2D eigenvalue weighted by Crippen LogP contribution is 2.20. The summed E-state index contributed by atoms with van der Waals surface area (Å²) < 4.78 is 11.0. The van der Waals surface area contributed by atoms with E-state index in [0.29, 0.717) is 6.61 Å². The number of aliphatic hydroxyl groups excluding tert-OH is 3. The fraction of sp³-hybridized carbons (Fsp3) is 1.00. The summed E-state index contributed by atoms with van der Waals surface area (Å²) in [6.07, 6.45) is 18.3. The van der Waals surface area contributed by atoms with E-state index in [9.17, 15) is 15.3 Å². The summed E-state index contributed by atoms with van der Waals surface area (Å²) in [5.74, 6) is 0. The molecule has 1 heterocycles. The molecule has 0 aromatic heterocycles. The average Bonchev–Trinajstić information content (AvgIpc) is 3.06. The summed E-state index contributed by atoms with van der Waals surface area (Å²) in [6.45, 7) is 2.74. The zero-order valence-electron chi connectivity index (χ0n) is 18.9. The molecule has 0 spiro atoms. The van der Waals surface area contributed by atoms with Crippen LogP contribution in [0, 0.1) is 0 Å². The second-order valence-electron chi connectivity index (χ2n) is 8.75. The summed E-state index contributed by atoms with van der Waals surface area (Å²) >= 11 is 0. The maximum atomic E-state index is 9.84. The standard InChI is InChI=1S/C24H48O5/c1-2-3-4-5-6-7-8-9-10-11-12-13-14-15-16-17-18-28-22(19-25)24-23(27)21(26)20-29-24/h21-27H,2-20H2,1H3/t21-,22+,23+,24+/m1/s1. The Morgan fingerprint density at radius 2 is 1.21 bits per heavy atom. The molecule has 0 aliphatic carbocycles. The second kappa shape index (κ2) is 18.6. The Kier molecular flexibility index (Phi) is 17.2. The largest absolute Gasteiger partial charge is 0.394 e. The number of aliphatic hydroxyl groups is 3. The lowest BCUT2D eigenvalue weighted by Crippen LogP contribution is -2.42. The van der Waals surface area contributed by atoms with Gasteiger partial charge in [-0.05, 0) is 6.42 Å². The van der Waals surface area contributed by atoms with Crippen LogP contribution < -0.4 is 0 Å². The normalized spacial score (nSPS) is 23.0. The zero-order chi connectivity index (χ0) is 21.2. The van der Waals surface area contributed by atoms with Crippen molar-refractivity contribution < 1.29 is 24.8 Å². The Balaban J connectivity index is 1.81. The molecule has 0 aromatic rings. The fourth-order valence-electron chi connectivity index (χ4n) is 4.09. The summed E-state index contributed by atoms with van der Waals surface area (Å²) in [7, 11) is 0. The molecular weight excluding hydrogens is 368 g/mol. The van der Waals surface area contributed by atoms with E-state index in [1.165, 1.54) is 89.9 Å². The molecule has 0 unspecified atom stereocenters. The van der Waals surface area contributed by atoms with Crippen molar-refractivity contribution in [1.29, 1.82) is 0 Å². The van der Waals surface area contributed by atoms with Gasteiger partial charge in [0.1, 0.15) is 24.4 Å². The van der Waals surface area contributed by atoms with Gasteiger partial charge >= 0.3 is 0 Å². The molecule has 1 aliphatic heterocycles. The Bertz CT molecular complexity index is 352. The summed E-state index contributed by atoms with van der Waals surface area (Å²) in [6, 6.07) is 0. The zero-order valence-corrected chi connectivity index (χ0v) is 18.9. The minimum atomic E-state index is -0.974. The predicted octanol–water partition coefficient (Wildman–Crippen LogP) is 4.75. The lowest BCUT2D eigenvalue weighted by molar-refractivity contribution is -0.101. The lowest BCUT2D eigenvalue weighted by atomic mass is 10.0. The number of hydrogen-bond donors (Lipinski definition) is 3. The van der Waals surface area contributed by atoms with Gasteiger partial charge in [-0.15, -0.1) is 0 Å². The van der Waals surface area contributed by atoms with E-state index < -0.39 is 24.4 Å². The van der Waals surface area contributed by atoms with Gasteiger partial charge in [-0.25, -0.2) is 0 Å². The Morgan fingerprint density at radius 3 is 1.59 bits per heavy atom. The van der Waals surface area contributed by atoms with Crippen molar-refractivity contribution in [1.82, 2.24) is 0 Å². The van der Waals surface area contributed by atoms with Crippen LogP contribution in [0.25, 0.3) is 0 Å². The molecule has 1 aliphatic rings. The molecule has 0 bridgehead atoms. The number of hydrogen-bond acceptors (Lipinski definition) is 5. The molecular formula is C24H48O5. The molecule has 5 heteroatoms. The van der Waals surface area contributed by atoms with Crippen LogP contribution in [0.2, 0.25) is 0 Å². The van der Waals surface area contributed by atoms with Crippen LogP contribution >= 0.6 is 0 Å². The summed E-state index contributed by atoms with van der Waals surface area (Å²) in [5.41, 5.74) is 0. The van der Waals surface area contributed by atoms with Crippen molar-refractivity contribution in [3.8, 4) is 0 Å². The van der Waals surface area contributed by atoms with Gasteiger partial charge in [0, 0.05) is 6.61 Å². The van der Waals surface area contributed by atoms with Gasteiger partial charge in [0.25, 0.3) is 0 Å². The van der Waals surface area contributed by atoms with Crippen LogP contribution in [0.5, 0.6) is 0 Å². The van der Waals surface area contributed by atoms with Gasteiger partial charge in [-0.3, -0.25) is 0 Å². The fourth-order valence-corrected chi connectivity index (χ4v) is 4.09. The molecule has 1 fully saturated rings. The molecule has 29 heavy (non-hydrogen) atoms. The van der Waals surface area contributed by atoms with Crippen LogP contribution in [0.1, 0.15) is 110 Å². The summed E-state index contributed by atoms with van der Waals surface area (Å²) in [5, 5.41) is 28.8. The average molecular weight is 417 g/mol. The minimum Gasteiger partial charge on any atom is -0.394 e. The lowest BCUT2D eigenvalue weighted by Gasteiger charge is -2.24. The van der Waals surface area contributed by atoms with Crippen molar-refractivity contribution in [3.63, 3.8) is 0 Å². The molecule has 5 nitrogen and oxygen atoms in total. The Hall–Kier alpha value is -0.200. The highest BCUT2D eigenvalue weighted by molar-refractivity contribution is 4.88. The maximum absolute atomic E-state index is 9.84. The number of ether oxygens (including phenoxy) is 2. The third kappa shape index (κ3) is 13.0. The molecule has 0 amide bonds. The highest BCUT2D eigenvalue weighted by atomic mass is 16.6. The van der Waals surface area contributed by atoms with Crippen LogP contribution in [0.15, 0.2) is 0 Å². The van der Waals surface area contributed by atoms with E-state index in [-0.39, 0.29) is 13.2 Å². The van der Waals surface area contributed by atoms with E-state index in [1.54, 1.807) is 0 Å². The molecule has 1 rings (SSSR count). The molecule has 174 valence electrons. The molecule has 0 aromatic carbocycles. The van der Waals surface area contributed by atoms with Crippen molar-refractivity contribution in [2.45, 2.75) is 134 Å². The summed E-state index contributed by atoms with van der Waals surface area (Å²) in [4.78, 5) is 0. The van der Waals surface area contributed by atoms with Crippen LogP contribution in [-0.2, 0) is 9.47 Å². The first-order chi connectivity index (χ1) is 14.2. The van der Waals surface area contributed by atoms with Gasteiger partial charge < -0.3 is 24.8 Å². The smallest absolute Gasteiger partial charge is 0.114 e. The third-order valence-corrected chi connectivity index (χ3v) is 6.07. The monoisotopic (exact) mass is 416 g/mol. The second-order valence-corrected chi connectivity index (χ2v) is 8.75. The van der Waals surface area contributed by atoms with E-state index in [4.69, 9.17) is 9.47 Å². The maximum Gasteiger partial charge on any atom is 0.114 e. The quantitative estimate of drug-likeness (QED) is 0.250. The van der Waals surface area contributed by atoms with E-state index in [2.05, 4.69) is 6.92 Å². The Morgan fingerprint density at radius 1 is 0.759 bits per heavy atom.